The van der Waals surface area contributed by atoms with Crippen LogP contribution in [-0.2, 0) is 11.2 Å². The Labute approximate surface area is 161 Å². The number of ether oxygens (including phenoxy) is 1. The number of hydrogen-bond donors (Lipinski definition) is 3. The molecule has 3 N–H and O–H groups in total. The van der Waals surface area contributed by atoms with Gasteiger partial charge in [0.15, 0.2) is 11.7 Å². The van der Waals surface area contributed by atoms with Gasteiger partial charge in [0.05, 0.1) is 0 Å². The molecule has 26 heavy (non-hydrogen) atoms. The smallest absolute Gasteiger partial charge is 0.269 e. The van der Waals surface area contributed by atoms with Gasteiger partial charge >= 0.3 is 0 Å². The summed E-state index contributed by atoms with van der Waals surface area (Å²) in [7, 11) is 0. The van der Waals surface area contributed by atoms with Gasteiger partial charge in [-0.2, -0.15) is 0 Å². The second kappa shape index (κ2) is 9.74. The Bertz CT molecular complexity index is 797. The van der Waals surface area contributed by atoms with Gasteiger partial charge in [0, 0.05) is 10.6 Å². The van der Waals surface area contributed by atoms with Crippen molar-refractivity contribution >= 4 is 40.7 Å². The summed E-state index contributed by atoms with van der Waals surface area (Å²) in [5.41, 5.74) is 6.36. The molecule has 0 heterocycles. The molecule has 0 fully saturated rings. The van der Waals surface area contributed by atoms with Crippen molar-refractivity contribution in [3.8, 4) is 5.75 Å². The molecule has 0 saturated heterocycles. The number of aryl methyl sites for hydroxylation is 1. The van der Waals surface area contributed by atoms with Crippen molar-refractivity contribution in [3.63, 3.8) is 0 Å². The Hall–Kier alpha value is -2.64. The van der Waals surface area contributed by atoms with Crippen LogP contribution in [0.1, 0.15) is 22.8 Å². The number of carbonyl (C=O) groups excluding carboxylic acids is 2. The molecule has 0 radical (unpaired) electrons. The fourth-order valence-corrected chi connectivity index (χ4v) is 2.33. The molecule has 0 unspecified atom stereocenters. The van der Waals surface area contributed by atoms with Gasteiger partial charge in [-0.05, 0) is 54.5 Å². The van der Waals surface area contributed by atoms with Gasteiger partial charge in [0.1, 0.15) is 5.75 Å². The summed E-state index contributed by atoms with van der Waals surface area (Å²) in [5, 5.41) is 2.80. The molecule has 2 aromatic carbocycles. The van der Waals surface area contributed by atoms with Crippen molar-refractivity contribution in [1.82, 2.24) is 16.2 Å². The summed E-state index contributed by atoms with van der Waals surface area (Å²) in [6.45, 7) is 1.86. The first-order valence-electron chi connectivity index (χ1n) is 7.85. The number of carbonyl (C=O) groups is 2. The number of hydrazine groups is 1. The Balaban J connectivity index is 1.72. The van der Waals surface area contributed by atoms with Crippen molar-refractivity contribution in [2.45, 2.75) is 13.3 Å². The van der Waals surface area contributed by atoms with Crippen molar-refractivity contribution < 1.29 is 14.3 Å². The molecule has 0 saturated carbocycles. The Morgan fingerprint density at radius 1 is 1.12 bits per heavy atom. The van der Waals surface area contributed by atoms with Crippen molar-refractivity contribution in [3.05, 3.63) is 64.7 Å². The average molecular weight is 392 g/mol. The number of nitrogens with one attached hydrogen (secondary N) is 3. The molecule has 0 aromatic heterocycles. The fourth-order valence-electron chi connectivity index (χ4n) is 1.98. The minimum absolute atomic E-state index is 0.0460. The highest BCUT2D eigenvalue weighted by Crippen LogP contribution is 2.12. The minimum Gasteiger partial charge on any atom is -0.484 e. The Morgan fingerprint density at radius 2 is 1.85 bits per heavy atom. The lowest BCUT2D eigenvalue weighted by Crippen LogP contribution is -2.49. The highest BCUT2D eigenvalue weighted by Gasteiger charge is 2.09. The van der Waals surface area contributed by atoms with E-state index in [0.717, 1.165) is 6.42 Å². The van der Waals surface area contributed by atoms with E-state index in [0.29, 0.717) is 16.3 Å². The molecule has 2 rings (SSSR count). The predicted octanol–water partition coefficient (Wildman–Crippen LogP) is 2.62. The summed E-state index contributed by atoms with van der Waals surface area (Å²) in [6, 6.07) is 13.9. The van der Waals surface area contributed by atoms with Crippen LogP contribution in [0, 0.1) is 0 Å². The molecule has 0 aliphatic heterocycles. The van der Waals surface area contributed by atoms with Gasteiger partial charge in [-0.15, -0.1) is 0 Å². The molecule has 0 bridgehead atoms. The van der Waals surface area contributed by atoms with Crippen LogP contribution < -0.4 is 20.9 Å². The van der Waals surface area contributed by atoms with Crippen LogP contribution in [0.4, 0.5) is 0 Å². The van der Waals surface area contributed by atoms with Gasteiger partial charge in [0.2, 0.25) is 0 Å². The first-order chi connectivity index (χ1) is 12.5. The van der Waals surface area contributed by atoms with E-state index in [-0.39, 0.29) is 11.7 Å². The number of hydrogen-bond acceptors (Lipinski definition) is 4. The number of rotatable bonds is 5. The Morgan fingerprint density at radius 3 is 2.50 bits per heavy atom. The molecule has 0 spiro atoms. The van der Waals surface area contributed by atoms with E-state index in [2.05, 4.69) is 23.1 Å². The van der Waals surface area contributed by atoms with Crippen LogP contribution in [-0.4, -0.2) is 23.5 Å². The topological polar surface area (TPSA) is 79.5 Å². The molecule has 0 atom stereocenters. The van der Waals surface area contributed by atoms with E-state index in [1.165, 1.54) is 11.6 Å². The van der Waals surface area contributed by atoms with Crippen LogP contribution in [0.5, 0.6) is 5.75 Å². The number of amides is 2. The van der Waals surface area contributed by atoms with E-state index in [4.69, 9.17) is 28.6 Å². The van der Waals surface area contributed by atoms with E-state index in [1.807, 2.05) is 12.1 Å². The third-order valence-corrected chi connectivity index (χ3v) is 3.77. The molecular weight excluding hydrogens is 374 g/mol. The fraction of sp³-hybridized carbons (Fsp3) is 0.167. The molecule has 136 valence electrons. The van der Waals surface area contributed by atoms with Gasteiger partial charge in [-0.25, -0.2) is 0 Å². The van der Waals surface area contributed by atoms with Crippen LogP contribution in [0.3, 0.4) is 0 Å². The van der Waals surface area contributed by atoms with Gasteiger partial charge < -0.3 is 4.74 Å². The Kier molecular flexibility index (Phi) is 7.37. The monoisotopic (exact) mass is 391 g/mol. The first-order valence-corrected chi connectivity index (χ1v) is 8.64. The lowest BCUT2D eigenvalue weighted by atomic mass is 10.2. The second-order valence-electron chi connectivity index (χ2n) is 5.25. The van der Waals surface area contributed by atoms with Crippen LogP contribution in [0.15, 0.2) is 48.5 Å². The molecule has 0 aliphatic rings. The number of thiocarbonyl (C=S) groups is 1. The third kappa shape index (κ3) is 6.34. The molecular formula is C18H18ClN3O3S. The van der Waals surface area contributed by atoms with Gasteiger partial charge in [-0.3, -0.25) is 25.8 Å². The van der Waals surface area contributed by atoms with Crippen LogP contribution >= 0.6 is 23.8 Å². The minimum atomic E-state index is -0.445. The largest absolute Gasteiger partial charge is 0.484 e. The zero-order valence-electron chi connectivity index (χ0n) is 14.0. The number of halogens is 1. The average Bonchev–Trinajstić information content (AvgIpc) is 2.65. The predicted molar refractivity (Wildman–Crippen MR) is 104 cm³/mol. The van der Waals surface area contributed by atoms with Crippen molar-refractivity contribution in [2.75, 3.05) is 6.61 Å². The summed E-state index contributed by atoms with van der Waals surface area (Å²) in [5.74, 6) is -0.291. The summed E-state index contributed by atoms with van der Waals surface area (Å²) in [4.78, 5) is 23.7. The van der Waals surface area contributed by atoms with E-state index >= 15 is 0 Å². The zero-order chi connectivity index (χ0) is 18.9. The second-order valence-corrected chi connectivity index (χ2v) is 6.10. The summed E-state index contributed by atoms with van der Waals surface area (Å²) < 4.78 is 5.37. The maximum atomic E-state index is 11.9. The van der Waals surface area contributed by atoms with Crippen LogP contribution in [0.25, 0.3) is 0 Å². The summed E-state index contributed by atoms with van der Waals surface area (Å²) in [6.07, 6.45) is 0.932. The van der Waals surface area contributed by atoms with Crippen molar-refractivity contribution in [1.29, 1.82) is 0 Å². The highest BCUT2D eigenvalue weighted by molar-refractivity contribution is 7.80. The lowest BCUT2D eigenvalue weighted by molar-refractivity contribution is -0.121. The standard InChI is InChI=1S/C18H18ClN3O3S/c1-2-12-6-8-15(9-7-12)25-11-16(23)20-18(26)22-21-17(24)13-4-3-5-14(19)10-13/h3-10H,2,11H2,1H3,(H,21,24)(H2,20,22,23,26). The SMILES string of the molecule is CCc1ccc(OCC(=O)NC(=S)NNC(=O)c2cccc(Cl)c2)cc1. The number of benzene rings is 2. The quantitative estimate of drug-likeness (QED) is 0.539. The van der Waals surface area contributed by atoms with Gasteiger partial charge in [-0.1, -0.05) is 36.7 Å². The summed E-state index contributed by atoms with van der Waals surface area (Å²) >= 11 is 10.8. The highest BCUT2D eigenvalue weighted by atomic mass is 35.5. The lowest BCUT2D eigenvalue weighted by Gasteiger charge is -2.11. The van der Waals surface area contributed by atoms with E-state index in [9.17, 15) is 9.59 Å². The molecule has 8 heteroatoms. The van der Waals surface area contributed by atoms with Crippen molar-refractivity contribution in [2.24, 2.45) is 0 Å². The normalized spacial score (nSPS) is 9.92. The molecule has 2 aromatic rings. The van der Waals surface area contributed by atoms with Gasteiger partial charge in [0.25, 0.3) is 11.8 Å². The maximum Gasteiger partial charge on any atom is 0.269 e. The first kappa shape index (κ1) is 19.7. The van der Waals surface area contributed by atoms with E-state index < -0.39 is 11.8 Å². The molecule has 0 aliphatic carbocycles. The van der Waals surface area contributed by atoms with E-state index in [1.54, 1.807) is 30.3 Å². The maximum absolute atomic E-state index is 11.9. The molecule has 2 amide bonds. The van der Waals surface area contributed by atoms with Crippen LogP contribution in [0.2, 0.25) is 5.02 Å². The molecule has 6 nitrogen and oxygen atoms in total. The zero-order valence-corrected chi connectivity index (χ0v) is 15.6. The third-order valence-electron chi connectivity index (χ3n) is 3.33.